The molecule has 0 saturated carbocycles. The Morgan fingerprint density at radius 1 is 0.972 bits per heavy atom. The van der Waals surface area contributed by atoms with E-state index in [0.29, 0.717) is 17.7 Å². The molecule has 186 valence electrons. The van der Waals surface area contributed by atoms with E-state index in [1.54, 1.807) is 26.2 Å². The fourth-order valence-corrected chi connectivity index (χ4v) is 4.08. The van der Waals surface area contributed by atoms with Gasteiger partial charge in [0.2, 0.25) is 0 Å². The molecule has 8 nitrogen and oxygen atoms in total. The summed E-state index contributed by atoms with van der Waals surface area (Å²) in [5.41, 5.74) is 1.42. The monoisotopic (exact) mass is 487 g/mol. The van der Waals surface area contributed by atoms with Crippen molar-refractivity contribution in [1.29, 1.82) is 0 Å². The number of carbonyl (C=O) groups excluding carboxylic acids is 1. The van der Waals surface area contributed by atoms with E-state index in [9.17, 15) is 19.5 Å². The highest BCUT2D eigenvalue weighted by atomic mass is 16.3. The van der Waals surface area contributed by atoms with Crippen LogP contribution in [-0.2, 0) is 0 Å². The number of phenolic OH excluding ortho intramolecular Hbond substituents is 1. The van der Waals surface area contributed by atoms with Crippen molar-refractivity contribution in [2.24, 2.45) is 0 Å². The zero-order chi connectivity index (χ0) is 26.1. The van der Waals surface area contributed by atoms with E-state index in [1.165, 1.54) is 4.90 Å². The Balaban J connectivity index is 1.72. The molecule has 0 fully saturated rings. The molecule has 0 aliphatic rings. The third-order valence-electron chi connectivity index (χ3n) is 6.16. The standard InChI is InChI=1S/C28H29N3O5/c1-6-19(21-14-9-16(3)36-21)29-23-24(27(34)26(23)33)30-20-13-12-18(17-10-7-15(2)8-11-17)22(25(20)32)28(35)31(4)5/h7-14,19,29-30,32H,6H2,1-5H3/t19-/m1/s1. The summed E-state index contributed by atoms with van der Waals surface area (Å²) in [6.45, 7) is 5.73. The van der Waals surface area contributed by atoms with Gasteiger partial charge in [0, 0.05) is 14.1 Å². The molecule has 36 heavy (non-hydrogen) atoms. The maximum absolute atomic E-state index is 13.1. The highest BCUT2D eigenvalue weighted by Crippen LogP contribution is 2.39. The molecule has 3 aromatic carbocycles. The quantitative estimate of drug-likeness (QED) is 0.240. The number of benzene rings is 2. The molecule has 0 radical (unpaired) electrons. The van der Waals surface area contributed by atoms with Crippen LogP contribution in [0.2, 0.25) is 0 Å². The molecule has 0 saturated heterocycles. The molecule has 0 spiro atoms. The molecule has 0 unspecified atom stereocenters. The molecule has 1 aromatic heterocycles. The van der Waals surface area contributed by atoms with E-state index < -0.39 is 16.8 Å². The average molecular weight is 488 g/mol. The van der Waals surface area contributed by atoms with E-state index in [-0.39, 0.29) is 34.4 Å². The SMILES string of the molecule is CC[C@@H](Nc1c(Nc2ccc(-c3ccc(C)cc3)c(C(=O)N(C)C)c2O)c(=O)c1=O)c1ccc(C)o1. The van der Waals surface area contributed by atoms with Gasteiger partial charge in [-0.3, -0.25) is 14.4 Å². The second kappa shape index (κ2) is 9.73. The number of hydrogen-bond acceptors (Lipinski definition) is 7. The van der Waals surface area contributed by atoms with Gasteiger partial charge in [-0.1, -0.05) is 42.8 Å². The van der Waals surface area contributed by atoms with Gasteiger partial charge in [-0.25, -0.2) is 0 Å². The van der Waals surface area contributed by atoms with Crippen LogP contribution in [-0.4, -0.2) is 30.0 Å². The predicted molar refractivity (Wildman–Crippen MR) is 141 cm³/mol. The van der Waals surface area contributed by atoms with Crippen molar-refractivity contribution < 1.29 is 14.3 Å². The number of anilines is 3. The van der Waals surface area contributed by atoms with Crippen LogP contribution in [0.3, 0.4) is 0 Å². The van der Waals surface area contributed by atoms with Crippen molar-refractivity contribution in [3.8, 4) is 16.9 Å². The van der Waals surface area contributed by atoms with E-state index in [1.807, 2.05) is 57.2 Å². The number of rotatable bonds is 8. The van der Waals surface area contributed by atoms with Gasteiger partial charge in [0.1, 0.15) is 22.9 Å². The molecular weight excluding hydrogens is 458 g/mol. The molecule has 0 aliphatic carbocycles. The third-order valence-corrected chi connectivity index (χ3v) is 6.16. The zero-order valence-electron chi connectivity index (χ0n) is 20.9. The van der Waals surface area contributed by atoms with Crippen LogP contribution in [0.15, 0.2) is 62.5 Å². The number of phenols is 1. The second-order valence-electron chi connectivity index (χ2n) is 9.04. The van der Waals surface area contributed by atoms with Crippen LogP contribution in [0.5, 0.6) is 5.75 Å². The van der Waals surface area contributed by atoms with Gasteiger partial charge in [-0.05, 0) is 49.6 Å². The maximum atomic E-state index is 13.1. The molecule has 8 heteroatoms. The Hall–Kier alpha value is -4.33. The highest BCUT2D eigenvalue weighted by Gasteiger charge is 2.27. The summed E-state index contributed by atoms with van der Waals surface area (Å²) in [5, 5.41) is 17.1. The third kappa shape index (κ3) is 4.49. The molecule has 0 aliphatic heterocycles. The van der Waals surface area contributed by atoms with Crippen LogP contribution in [0.4, 0.5) is 17.1 Å². The van der Waals surface area contributed by atoms with Crippen molar-refractivity contribution in [3.05, 3.63) is 91.6 Å². The van der Waals surface area contributed by atoms with E-state index in [4.69, 9.17) is 4.42 Å². The number of aryl methyl sites for hydroxylation is 2. The smallest absolute Gasteiger partial charge is 0.257 e. The molecule has 4 aromatic rings. The lowest BCUT2D eigenvalue weighted by Crippen LogP contribution is -2.37. The van der Waals surface area contributed by atoms with Crippen LogP contribution in [0, 0.1) is 13.8 Å². The number of carbonyl (C=O) groups is 1. The minimum atomic E-state index is -0.703. The van der Waals surface area contributed by atoms with Gasteiger partial charge in [0.25, 0.3) is 16.8 Å². The Kier molecular flexibility index (Phi) is 6.70. The van der Waals surface area contributed by atoms with Crippen molar-refractivity contribution in [1.82, 2.24) is 4.90 Å². The van der Waals surface area contributed by atoms with Gasteiger partial charge >= 0.3 is 0 Å². The van der Waals surface area contributed by atoms with Gasteiger partial charge < -0.3 is 25.1 Å². The van der Waals surface area contributed by atoms with Gasteiger partial charge in [-0.2, -0.15) is 0 Å². The maximum Gasteiger partial charge on any atom is 0.257 e. The predicted octanol–water partition coefficient (Wildman–Crippen LogP) is 4.87. The first-order valence-corrected chi connectivity index (χ1v) is 11.7. The van der Waals surface area contributed by atoms with Crippen molar-refractivity contribution >= 4 is 23.0 Å². The van der Waals surface area contributed by atoms with Crippen LogP contribution in [0.1, 0.15) is 46.8 Å². The van der Waals surface area contributed by atoms with Crippen LogP contribution < -0.4 is 21.5 Å². The number of nitrogens with one attached hydrogen (secondary N) is 2. The number of furan rings is 1. The van der Waals surface area contributed by atoms with E-state index in [2.05, 4.69) is 10.6 Å². The zero-order valence-corrected chi connectivity index (χ0v) is 20.9. The molecule has 0 bridgehead atoms. The lowest BCUT2D eigenvalue weighted by Gasteiger charge is -2.22. The Morgan fingerprint density at radius 3 is 2.22 bits per heavy atom. The molecule has 1 atom stereocenters. The van der Waals surface area contributed by atoms with E-state index in [0.717, 1.165) is 16.9 Å². The second-order valence-corrected chi connectivity index (χ2v) is 9.04. The number of hydrogen-bond donors (Lipinski definition) is 3. The molecule has 4 rings (SSSR count). The summed E-state index contributed by atoms with van der Waals surface area (Å²) in [6.07, 6.45) is 0.614. The summed E-state index contributed by atoms with van der Waals surface area (Å²) in [7, 11) is 3.20. The normalized spacial score (nSPS) is 11.9. The largest absolute Gasteiger partial charge is 0.505 e. The molecule has 1 amide bonds. The Morgan fingerprint density at radius 2 is 1.64 bits per heavy atom. The number of aromatic hydroxyl groups is 1. The molecule has 3 N–H and O–H groups in total. The minimum absolute atomic E-state index is 0.0309. The number of nitrogens with zero attached hydrogens (tertiary/aromatic N) is 1. The summed E-state index contributed by atoms with van der Waals surface area (Å²) < 4.78 is 5.68. The van der Waals surface area contributed by atoms with Gasteiger partial charge in [0.05, 0.1) is 17.3 Å². The fourth-order valence-electron chi connectivity index (χ4n) is 4.08. The van der Waals surface area contributed by atoms with Gasteiger partial charge in [0.15, 0.2) is 5.75 Å². The Labute approximate surface area is 208 Å². The average Bonchev–Trinajstić information content (AvgIpc) is 3.30. The first kappa shape index (κ1) is 24.8. The van der Waals surface area contributed by atoms with Crippen molar-refractivity contribution in [2.45, 2.75) is 33.2 Å². The van der Waals surface area contributed by atoms with Gasteiger partial charge in [-0.15, -0.1) is 0 Å². The fraction of sp³-hybridized carbons (Fsp3) is 0.250. The van der Waals surface area contributed by atoms with Crippen molar-refractivity contribution in [2.75, 3.05) is 24.7 Å². The first-order valence-electron chi connectivity index (χ1n) is 11.7. The van der Waals surface area contributed by atoms with Crippen LogP contribution >= 0.6 is 0 Å². The Bertz CT molecular complexity index is 1490. The summed E-state index contributed by atoms with van der Waals surface area (Å²) in [4.78, 5) is 39.3. The lowest BCUT2D eigenvalue weighted by molar-refractivity contribution is 0.0825. The topological polar surface area (TPSA) is 112 Å². The summed E-state index contributed by atoms with van der Waals surface area (Å²) in [6, 6.07) is 14.2. The first-order chi connectivity index (χ1) is 17.1. The lowest BCUT2D eigenvalue weighted by atomic mass is 9.96. The van der Waals surface area contributed by atoms with Crippen LogP contribution in [0.25, 0.3) is 11.1 Å². The summed E-state index contributed by atoms with van der Waals surface area (Å²) in [5.74, 6) is 0.692. The molecular formula is C28H29N3O5. The number of amides is 1. The van der Waals surface area contributed by atoms with E-state index >= 15 is 0 Å². The van der Waals surface area contributed by atoms with Crippen molar-refractivity contribution in [3.63, 3.8) is 0 Å². The summed E-state index contributed by atoms with van der Waals surface area (Å²) >= 11 is 0. The molecule has 1 heterocycles. The minimum Gasteiger partial charge on any atom is -0.505 e. The highest BCUT2D eigenvalue weighted by molar-refractivity contribution is 6.05.